The van der Waals surface area contributed by atoms with Crippen molar-refractivity contribution in [1.29, 1.82) is 0 Å². The summed E-state index contributed by atoms with van der Waals surface area (Å²) in [5.41, 5.74) is 0. The van der Waals surface area contributed by atoms with Crippen LogP contribution in [0.2, 0.25) is 0 Å². The van der Waals surface area contributed by atoms with Crippen molar-refractivity contribution in [3.8, 4) is 0 Å². The first-order valence-corrected chi connectivity index (χ1v) is 7.08. The van der Waals surface area contributed by atoms with Crippen LogP contribution >= 0.6 is 0 Å². The van der Waals surface area contributed by atoms with Crippen molar-refractivity contribution in [1.82, 2.24) is 9.21 Å². The van der Waals surface area contributed by atoms with Gasteiger partial charge in [-0.15, -0.1) is 0 Å². The number of hydrogen-bond donors (Lipinski definition) is 0. The Morgan fingerprint density at radius 2 is 1.65 bits per heavy atom. The van der Waals surface area contributed by atoms with E-state index >= 15 is 0 Å². The van der Waals surface area contributed by atoms with Gasteiger partial charge in [-0.25, -0.2) is 8.42 Å². The van der Waals surface area contributed by atoms with Crippen LogP contribution in [-0.2, 0) is 10.0 Å². The molecule has 1 rings (SSSR count). The molecular weight excluding hydrogens is 257 g/mol. The van der Waals surface area contributed by atoms with E-state index in [0.717, 1.165) is 6.92 Å². The summed E-state index contributed by atoms with van der Waals surface area (Å²) in [5.74, 6) is -0.0121. The molecule has 0 aliphatic carbocycles. The first kappa shape index (κ1) is 14.7. The molecule has 8 heteroatoms. The van der Waals surface area contributed by atoms with Crippen molar-refractivity contribution in [2.45, 2.75) is 26.1 Å². The highest BCUT2D eigenvalue weighted by molar-refractivity contribution is 7.89. The van der Waals surface area contributed by atoms with Gasteiger partial charge in [0.1, 0.15) is 6.04 Å². The quantitative estimate of drug-likeness (QED) is 0.768. The van der Waals surface area contributed by atoms with E-state index < -0.39 is 22.2 Å². The second-order valence-electron chi connectivity index (χ2n) is 4.05. The average Bonchev–Trinajstić information content (AvgIpc) is 2.27. The van der Waals surface area contributed by atoms with Crippen LogP contribution in [-0.4, -0.2) is 61.8 Å². The summed E-state index contributed by atoms with van der Waals surface area (Å²) in [6.45, 7) is 3.15. The van der Waals surface area contributed by atoms with E-state index in [0.29, 0.717) is 0 Å². The molecule has 1 heterocycles. The Morgan fingerprint density at radius 3 is 2.00 bits per heavy atom. The molecular formula is C9H17F3N2O2S. The minimum atomic E-state index is -4.26. The van der Waals surface area contributed by atoms with Gasteiger partial charge in [0.25, 0.3) is 0 Å². The Balaban J connectivity index is 2.58. The average molecular weight is 274 g/mol. The minimum Gasteiger partial charge on any atom is -0.290 e. The van der Waals surface area contributed by atoms with Gasteiger partial charge in [0.15, 0.2) is 0 Å². The fourth-order valence-electron chi connectivity index (χ4n) is 1.76. The summed E-state index contributed by atoms with van der Waals surface area (Å²) in [4.78, 5) is 1.27. The van der Waals surface area contributed by atoms with Crippen molar-refractivity contribution in [3.63, 3.8) is 0 Å². The van der Waals surface area contributed by atoms with Gasteiger partial charge in [-0.1, -0.05) is 0 Å². The molecule has 17 heavy (non-hydrogen) atoms. The fraction of sp³-hybridized carbons (Fsp3) is 1.00. The standard InChI is InChI=1S/C9H17F3N2O2S/c1-3-17(15,16)14-6-4-13(5-7-14)8(2)9(10,11)12/h8H,3-7H2,1-2H3. The highest BCUT2D eigenvalue weighted by Gasteiger charge is 2.41. The van der Waals surface area contributed by atoms with Gasteiger partial charge in [0.05, 0.1) is 5.75 Å². The summed E-state index contributed by atoms with van der Waals surface area (Å²) in [6, 6.07) is -1.52. The van der Waals surface area contributed by atoms with Crippen LogP contribution in [0.5, 0.6) is 0 Å². The normalized spacial score (nSPS) is 22.6. The molecule has 0 bridgehead atoms. The van der Waals surface area contributed by atoms with Crippen molar-refractivity contribution in [2.24, 2.45) is 0 Å². The third-order valence-electron chi connectivity index (χ3n) is 3.05. The summed E-state index contributed by atoms with van der Waals surface area (Å²) >= 11 is 0. The van der Waals surface area contributed by atoms with Crippen LogP contribution in [0.25, 0.3) is 0 Å². The summed E-state index contributed by atoms with van der Waals surface area (Å²) < 4.78 is 61.7. The second-order valence-corrected chi connectivity index (χ2v) is 6.31. The lowest BCUT2D eigenvalue weighted by Crippen LogP contribution is -2.54. The lowest BCUT2D eigenvalue weighted by atomic mass is 10.2. The smallest absolute Gasteiger partial charge is 0.290 e. The van der Waals surface area contributed by atoms with Gasteiger partial charge in [-0.05, 0) is 13.8 Å². The lowest BCUT2D eigenvalue weighted by molar-refractivity contribution is -0.181. The van der Waals surface area contributed by atoms with Crippen LogP contribution < -0.4 is 0 Å². The largest absolute Gasteiger partial charge is 0.403 e. The SMILES string of the molecule is CCS(=O)(=O)N1CCN(C(C)C(F)(F)F)CC1. The van der Waals surface area contributed by atoms with Gasteiger partial charge in [-0.3, -0.25) is 4.90 Å². The zero-order valence-electron chi connectivity index (χ0n) is 9.87. The highest BCUT2D eigenvalue weighted by atomic mass is 32.2. The first-order chi connectivity index (χ1) is 7.68. The van der Waals surface area contributed by atoms with Gasteiger partial charge in [-0.2, -0.15) is 17.5 Å². The number of hydrogen-bond acceptors (Lipinski definition) is 3. The van der Waals surface area contributed by atoms with Crippen molar-refractivity contribution in [3.05, 3.63) is 0 Å². The van der Waals surface area contributed by atoms with E-state index in [1.54, 1.807) is 0 Å². The molecule has 0 aromatic heterocycles. The van der Waals surface area contributed by atoms with Gasteiger partial charge < -0.3 is 0 Å². The predicted octanol–water partition coefficient (Wildman–Crippen LogP) is 0.905. The third-order valence-corrected chi connectivity index (χ3v) is 4.93. The Kier molecular flexibility index (Phi) is 4.43. The zero-order chi connectivity index (χ0) is 13.3. The van der Waals surface area contributed by atoms with Gasteiger partial charge >= 0.3 is 6.18 Å². The molecule has 1 unspecified atom stereocenters. The van der Waals surface area contributed by atoms with Crippen LogP contribution in [0.4, 0.5) is 13.2 Å². The third kappa shape index (κ3) is 3.56. The Bertz CT molecular complexity index is 348. The molecule has 0 radical (unpaired) electrons. The number of nitrogens with zero attached hydrogens (tertiary/aromatic N) is 2. The van der Waals surface area contributed by atoms with Gasteiger partial charge in [0.2, 0.25) is 10.0 Å². The highest BCUT2D eigenvalue weighted by Crippen LogP contribution is 2.25. The first-order valence-electron chi connectivity index (χ1n) is 5.47. The predicted molar refractivity (Wildman–Crippen MR) is 58.1 cm³/mol. The Morgan fingerprint density at radius 1 is 1.18 bits per heavy atom. The van der Waals surface area contributed by atoms with Crippen LogP contribution in [0, 0.1) is 0 Å². The maximum absolute atomic E-state index is 12.5. The monoisotopic (exact) mass is 274 g/mol. The number of halogens is 3. The molecule has 1 saturated heterocycles. The van der Waals surface area contributed by atoms with E-state index in [4.69, 9.17) is 0 Å². The second kappa shape index (κ2) is 5.11. The van der Waals surface area contributed by atoms with Gasteiger partial charge in [0, 0.05) is 26.2 Å². The van der Waals surface area contributed by atoms with E-state index in [9.17, 15) is 21.6 Å². The number of piperazine rings is 1. The molecule has 1 fully saturated rings. The zero-order valence-corrected chi connectivity index (χ0v) is 10.7. The minimum absolute atomic E-state index is 0.0121. The molecule has 0 saturated carbocycles. The maximum Gasteiger partial charge on any atom is 0.403 e. The Labute approximate surface area is 99.4 Å². The molecule has 1 aliphatic heterocycles. The van der Waals surface area contributed by atoms with Crippen LogP contribution in [0.1, 0.15) is 13.8 Å². The van der Waals surface area contributed by atoms with E-state index in [1.807, 2.05) is 0 Å². The molecule has 0 aromatic rings. The summed E-state index contributed by atoms with van der Waals surface area (Å²) in [5, 5.41) is 0. The number of sulfonamides is 1. The number of rotatable bonds is 3. The van der Waals surface area contributed by atoms with Crippen molar-refractivity contribution < 1.29 is 21.6 Å². The fourth-order valence-corrected chi connectivity index (χ4v) is 2.84. The molecule has 1 atom stereocenters. The molecule has 0 spiro atoms. The molecule has 4 nitrogen and oxygen atoms in total. The van der Waals surface area contributed by atoms with Crippen molar-refractivity contribution in [2.75, 3.05) is 31.9 Å². The number of alkyl halides is 3. The topological polar surface area (TPSA) is 40.6 Å². The molecule has 102 valence electrons. The molecule has 0 aromatic carbocycles. The van der Waals surface area contributed by atoms with E-state index in [1.165, 1.54) is 16.1 Å². The summed E-state index contributed by atoms with van der Waals surface area (Å²) in [6.07, 6.45) is -4.26. The van der Waals surface area contributed by atoms with Crippen molar-refractivity contribution >= 4 is 10.0 Å². The maximum atomic E-state index is 12.5. The molecule has 1 aliphatic rings. The molecule has 0 N–H and O–H groups in total. The lowest BCUT2D eigenvalue weighted by Gasteiger charge is -2.37. The van der Waals surface area contributed by atoms with Crippen LogP contribution in [0.15, 0.2) is 0 Å². The molecule has 0 amide bonds. The summed E-state index contributed by atoms with van der Waals surface area (Å²) in [7, 11) is -3.28. The Hall–Kier alpha value is -0.340. The van der Waals surface area contributed by atoms with E-state index in [-0.39, 0.29) is 31.9 Å². The van der Waals surface area contributed by atoms with E-state index in [2.05, 4.69) is 0 Å². The van der Waals surface area contributed by atoms with Crippen LogP contribution in [0.3, 0.4) is 0 Å².